The van der Waals surface area contributed by atoms with Crippen molar-refractivity contribution in [3.63, 3.8) is 0 Å². The quantitative estimate of drug-likeness (QED) is 0.943. The first kappa shape index (κ1) is 15.5. The monoisotopic (exact) mass is 314 g/mol. The number of morpholine rings is 1. The van der Waals surface area contributed by atoms with Crippen molar-refractivity contribution in [2.45, 2.75) is 6.42 Å². The van der Waals surface area contributed by atoms with Crippen LogP contribution >= 0.6 is 0 Å². The summed E-state index contributed by atoms with van der Waals surface area (Å²) in [6, 6.07) is 13.8. The van der Waals surface area contributed by atoms with Crippen molar-refractivity contribution >= 4 is 17.3 Å². The summed E-state index contributed by atoms with van der Waals surface area (Å²) in [5.41, 5.74) is 2.47. The van der Waals surface area contributed by atoms with Gasteiger partial charge >= 0.3 is 0 Å². The summed E-state index contributed by atoms with van der Waals surface area (Å²) in [7, 11) is 0. The van der Waals surface area contributed by atoms with Gasteiger partial charge in [0.05, 0.1) is 19.6 Å². The minimum absolute atomic E-state index is 0.152. The fourth-order valence-electron chi connectivity index (χ4n) is 2.64. The van der Waals surface area contributed by atoms with E-state index in [1.807, 2.05) is 24.3 Å². The number of amides is 1. The van der Waals surface area contributed by atoms with E-state index in [-0.39, 0.29) is 18.1 Å². The molecule has 0 bridgehead atoms. The van der Waals surface area contributed by atoms with Crippen LogP contribution in [0, 0.1) is 5.82 Å². The van der Waals surface area contributed by atoms with Crippen LogP contribution < -0.4 is 10.2 Å². The van der Waals surface area contributed by atoms with Crippen molar-refractivity contribution in [2.24, 2.45) is 0 Å². The molecule has 1 N–H and O–H groups in total. The summed E-state index contributed by atoms with van der Waals surface area (Å²) in [6.07, 6.45) is 0.152. The number of nitrogens with zero attached hydrogens (tertiary/aromatic N) is 1. The van der Waals surface area contributed by atoms with E-state index in [2.05, 4.69) is 10.2 Å². The fraction of sp³-hybridized carbons (Fsp3) is 0.278. The minimum atomic E-state index is -0.329. The molecular weight excluding hydrogens is 295 g/mol. The number of carbonyl (C=O) groups is 1. The van der Waals surface area contributed by atoms with Crippen molar-refractivity contribution in [3.05, 3.63) is 59.9 Å². The Labute approximate surface area is 134 Å². The topological polar surface area (TPSA) is 41.6 Å². The van der Waals surface area contributed by atoms with E-state index in [4.69, 9.17) is 4.74 Å². The fourth-order valence-corrected chi connectivity index (χ4v) is 2.64. The Balaban J connectivity index is 1.64. The second kappa shape index (κ2) is 7.24. The smallest absolute Gasteiger partial charge is 0.228 e. The minimum Gasteiger partial charge on any atom is -0.378 e. The molecule has 3 rings (SSSR count). The van der Waals surface area contributed by atoms with E-state index in [0.29, 0.717) is 5.56 Å². The average molecular weight is 314 g/mol. The van der Waals surface area contributed by atoms with Gasteiger partial charge in [-0.15, -0.1) is 0 Å². The molecule has 1 heterocycles. The normalized spacial score (nSPS) is 14.6. The molecule has 5 heteroatoms. The predicted molar refractivity (Wildman–Crippen MR) is 88.2 cm³/mol. The Bertz CT molecular complexity index is 684. The molecule has 0 radical (unpaired) electrons. The number of hydrogen-bond donors (Lipinski definition) is 1. The van der Waals surface area contributed by atoms with Gasteiger partial charge in [0.25, 0.3) is 0 Å². The Kier molecular flexibility index (Phi) is 4.88. The predicted octanol–water partition coefficient (Wildman–Crippen LogP) is 2.84. The summed E-state index contributed by atoms with van der Waals surface area (Å²) < 4.78 is 18.5. The lowest BCUT2D eigenvalue weighted by Gasteiger charge is -2.29. The van der Waals surface area contributed by atoms with Crippen LogP contribution in [0.5, 0.6) is 0 Å². The number of carbonyl (C=O) groups excluding carboxylic acids is 1. The zero-order valence-electron chi connectivity index (χ0n) is 12.8. The number of halogens is 1. The maximum atomic E-state index is 13.2. The van der Waals surface area contributed by atoms with E-state index < -0.39 is 0 Å². The number of rotatable bonds is 4. The summed E-state index contributed by atoms with van der Waals surface area (Å²) in [6.45, 7) is 3.13. The highest BCUT2D eigenvalue weighted by Crippen LogP contribution is 2.20. The van der Waals surface area contributed by atoms with Crippen LogP contribution in [-0.2, 0) is 16.0 Å². The Hall–Kier alpha value is -2.40. The number of ether oxygens (including phenoxy) is 1. The number of anilines is 2. The third kappa shape index (κ3) is 4.29. The third-order valence-electron chi connectivity index (χ3n) is 3.76. The molecule has 2 aromatic rings. The lowest BCUT2D eigenvalue weighted by Crippen LogP contribution is -2.36. The van der Waals surface area contributed by atoms with Crippen LogP contribution in [0.2, 0.25) is 0 Å². The van der Waals surface area contributed by atoms with Gasteiger partial charge in [0.1, 0.15) is 5.82 Å². The third-order valence-corrected chi connectivity index (χ3v) is 3.76. The van der Waals surface area contributed by atoms with Gasteiger partial charge in [-0.3, -0.25) is 4.79 Å². The molecule has 1 amide bonds. The van der Waals surface area contributed by atoms with E-state index >= 15 is 0 Å². The molecule has 0 atom stereocenters. The molecule has 1 fully saturated rings. The Morgan fingerprint density at radius 2 is 1.91 bits per heavy atom. The van der Waals surface area contributed by atoms with E-state index in [1.54, 1.807) is 12.1 Å². The summed E-state index contributed by atoms with van der Waals surface area (Å²) in [5.74, 6) is -0.487. The zero-order valence-corrected chi connectivity index (χ0v) is 12.8. The first-order valence-electron chi connectivity index (χ1n) is 7.68. The van der Waals surface area contributed by atoms with Gasteiger partial charge in [0, 0.05) is 24.5 Å². The molecule has 0 aliphatic carbocycles. The van der Waals surface area contributed by atoms with Crippen LogP contribution in [0.4, 0.5) is 15.8 Å². The SMILES string of the molecule is O=C(Cc1cccc(F)c1)Nc1cccc(N2CCOCC2)c1. The van der Waals surface area contributed by atoms with E-state index in [1.165, 1.54) is 12.1 Å². The van der Waals surface area contributed by atoms with Crippen molar-refractivity contribution in [2.75, 3.05) is 36.5 Å². The van der Waals surface area contributed by atoms with Crippen molar-refractivity contribution in [1.29, 1.82) is 0 Å². The van der Waals surface area contributed by atoms with Gasteiger partial charge in [-0.05, 0) is 35.9 Å². The second-order valence-corrected chi connectivity index (χ2v) is 5.50. The Morgan fingerprint density at radius 1 is 1.13 bits per heavy atom. The molecule has 1 aliphatic heterocycles. The van der Waals surface area contributed by atoms with Gasteiger partial charge < -0.3 is 15.0 Å². The molecule has 2 aromatic carbocycles. The van der Waals surface area contributed by atoms with Crippen LogP contribution in [0.1, 0.15) is 5.56 Å². The van der Waals surface area contributed by atoms with E-state index in [0.717, 1.165) is 37.7 Å². The van der Waals surface area contributed by atoms with E-state index in [9.17, 15) is 9.18 Å². The number of nitrogens with one attached hydrogen (secondary N) is 1. The highest BCUT2D eigenvalue weighted by atomic mass is 19.1. The largest absolute Gasteiger partial charge is 0.378 e. The van der Waals surface area contributed by atoms with Gasteiger partial charge in [-0.1, -0.05) is 18.2 Å². The number of benzene rings is 2. The summed E-state index contributed by atoms with van der Waals surface area (Å²) in [4.78, 5) is 14.3. The maximum absolute atomic E-state index is 13.2. The van der Waals surface area contributed by atoms with Crippen LogP contribution in [-0.4, -0.2) is 32.2 Å². The van der Waals surface area contributed by atoms with Crippen molar-refractivity contribution in [3.8, 4) is 0 Å². The standard InChI is InChI=1S/C18H19FN2O2/c19-15-4-1-3-14(11-15)12-18(22)20-16-5-2-6-17(13-16)21-7-9-23-10-8-21/h1-6,11,13H,7-10,12H2,(H,20,22). The lowest BCUT2D eigenvalue weighted by molar-refractivity contribution is -0.115. The molecule has 4 nitrogen and oxygen atoms in total. The first-order chi connectivity index (χ1) is 11.2. The number of hydrogen-bond acceptors (Lipinski definition) is 3. The molecule has 120 valence electrons. The van der Waals surface area contributed by atoms with Gasteiger partial charge in [-0.2, -0.15) is 0 Å². The highest BCUT2D eigenvalue weighted by molar-refractivity contribution is 5.92. The molecule has 23 heavy (non-hydrogen) atoms. The van der Waals surface area contributed by atoms with Gasteiger partial charge in [0.2, 0.25) is 5.91 Å². The molecule has 1 aliphatic rings. The summed E-state index contributed by atoms with van der Waals surface area (Å²) in [5, 5.41) is 2.87. The molecule has 1 saturated heterocycles. The molecular formula is C18H19FN2O2. The Morgan fingerprint density at radius 3 is 2.70 bits per heavy atom. The average Bonchev–Trinajstić information content (AvgIpc) is 2.56. The van der Waals surface area contributed by atoms with Crippen LogP contribution in [0.25, 0.3) is 0 Å². The maximum Gasteiger partial charge on any atom is 0.228 e. The van der Waals surface area contributed by atoms with Crippen LogP contribution in [0.15, 0.2) is 48.5 Å². The van der Waals surface area contributed by atoms with Gasteiger partial charge in [-0.25, -0.2) is 4.39 Å². The second-order valence-electron chi connectivity index (χ2n) is 5.50. The van der Waals surface area contributed by atoms with Crippen molar-refractivity contribution in [1.82, 2.24) is 0 Å². The summed E-state index contributed by atoms with van der Waals surface area (Å²) >= 11 is 0. The lowest BCUT2D eigenvalue weighted by atomic mass is 10.1. The van der Waals surface area contributed by atoms with Crippen LogP contribution in [0.3, 0.4) is 0 Å². The molecule has 0 saturated carbocycles. The molecule has 0 aromatic heterocycles. The molecule has 0 unspecified atom stereocenters. The highest BCUT2D eigenvalue weighted by Gasteiger charge is 2.12. The molecule has 0 spiro atoms. The van der Waals surface area contributed by atoms with Crippen molar-refractivity contribution < 1.29 is 13.9 Å². The van der Waals surface area contributed by atoms with Gasteiger partial charge in [0.15, 0.2) is 0 Å². The zero-order chi connectivity index (χ0) is 16.1. The first-order valence-corrected chi connectivity index (χ1v) is 7.68.